The van der Waals surface area contributed by atoms with Crippen molar-refractivity contribution in [1.29, 1.82) is 0 Å². The van der Waals surface area contributed by atoms with Crippen LogP contribution in [-0.2, 0) is 11.2 Å². The Hall–Kier alpha value is -1.90. The zero-order chi connectivity index (χ0) is 16.7. The van der Waals surface area contributed by atoms with Crippen molar-refractivity contribution in [2.24, 2.45) is 11.0 Å². The van der Waals surface area contributed by atoms with Crippen LogP contribution in [0.15, 0.2) is 41.1 Å². The highest BCUT2D eigenvalue weighted by atomic mass is 16.1. The first-order chi connectivity index (χ1) is 11.6. The lowest BCUT2D eigenvalue weighted by atomic mass is 9.75. The zero-order valence-corrected chi connectivity index (χ0v) is 14.1. The van der Waals surface area contributed by atoms with Crippen molar-refractivity contribution < 1.29 is 4.79 Å². The summed E-state index contributed by atoms with van der Waals surface area (Å²) in [5.41, 5.74) is 4.72. The fraction of sp³-hybridized carbons (Fsp3) is 0.286. The first-order valence-corrected chi connectivity index (χ1v) is 8.51. The molecule has 0 aromatic heterocycles. The van der Waals surface area contributed by atoms with Gasteiger partial charge in [-0.3, -0.25) is 9.80 Å². The number of aryl methyl sites for hydroxylation is 1. The Labute approximate surface area is 144 Å². The van der Waals surface area contributed by atoms with Crippen LogP contribution in [0.5, 0.6) is 0 Å². The Morgan fingerprint density at radius 2 is 1.96 bits per heavy atom. The van der Waals surface area contributed by atoms with Crippen molar-refractivity contribution in [3.8, 4) is 0 Å². The molecule has 0 spiro atoms. The topological polar surface area (TPSA) is 32.7 Å². The van der Waals surface area contributed by atoms with E-state index in [0.717, 1.165) is 18.5 Å². The maximum Gasteiger partial charge on any atom is 0.154 e. The number of hydrazone groups is 1. The van der Waals surface area contributed by atoms with Gasteiger partial charge in [0.05, 0.1) is 11.8 Å². The molecule has 2 unspecified atom stereocenters. The minimum absolute atomic E-state index is 0.0595. The Balaban J connectivity index is 1.76. The molecular formula is C21H21N2O. The highest BCUT2D eigenvalue weighted by molar-refractivity contribution is 6.06. The van der Waals surface area contributed by atoms with E-state index in [2.05, 4.69) is 55.0 Å². The van der Waals surface area contributed by atoms with Crippen LogP contribution < -0.4 is 0 Å². The van der Waals surface area contributed by atoms with E-state index in [-0.39, 0.29) is 11.8 Å². The van der Waals surface area contributed by atoms with Crippen molar-refractivity contribution >= 4 is 11.5 Å². The SMILES string of the molecule is CC(=O)/C=C(\C)N1N=C2c3ccccc3CCC2C1[C]1[CH][CH][CH][CH]1. The number of hydrogen-bond acceptors (Lipinski definition) is 3. The summed E-state index contributed by atoms with van der Waals surface area (Å²) >= 11 is 0. The van der Waals surface area contributed by atoms with Crippen LogP contribution in [0.4, 0.5) is 0 Å². The molecule has 5 radical (unpaired) electrons. The minimum Gasteiger partial charge on any atom is -0.295 e. The standard InChI is InChI=1S/C21H21N2O/c1-14(13-15(2)24)23-21(17-8-3-4-9-17)19-12-11-16-7-5-6-10-18(16)20(19)22-23/h3-10,13,19,21H,11-12H2,1-2H3/b14-13+. The predicted molar refractivity (Wildman–Crippen MR) is 95.3 cm³/mol. The number of benzene rings is 1. The fourth-order valence-electron chi connectivity index (χ4n) is 4.04. The van der Waals surface area contributed by atoms with Gasteiger partial charge in [-0.05, 0) is 57.9 Å². The molecule has 3 aliphatic rings. The van der Waals surface area contributed by atoms with Crippen LogP contribution >= 0.6 is 0 Å². The molecule has 3 nitrogen and oxygen atoms in total. The van der Waals surface area contributed by atoms with Crippen LogP contribution in [0, 0.1) is 37.5 Å². The van der Waals surface area contributed by atoms with Crippen LogP contribution in [0.2, 0.25) is 0 Å². The van der Waals surface area contributed by atoms with E-state index in [0.29, 0.717) is 5.92 Å². The summed E-state index contributed by atoms with van der Waals surface area (Å²) in [6, 6.07) is 8.74. The summed E-state index contributed by atoms with van der Waals surface area (Å²) in [6.07, 6.45) is 12.3. The molecule has 1 aromatic carbocycles. The van der Waals surface area contributed by atoms with Crippen molar-refractivity contribution in [2.75, 3.05) is 0 Å². The van der Waals surface area contributed by atoms with Crippen molar-refractivity contribution in [1.82, 2.24) is 5.01 Å². The zero-order valence-electron chi connectivity index (χ0n) is 14.1. The first kappa shape index (κ1) is 15.6. The summed E-state index contributed by atoms with van der Waals surface area (Å²) in [5, 5.41) is 7.03. The van der Waals surface area contributed by atoms with E-state index >= 15 is 0 Å². The molecular weight excluding hydrogens is 296 g/mol. The van der Waals surface area contributed by atoms with Crippen LogP contribution in [-0.4, -0.2) is 22.5 Å². The Bertz CT molecular complexity index is 712. The second-order valence-corrected chi connectivity index (χ2v) is 6.69. The monoisotopic (exact) mass is 317 g/mol. The smallest absolute Gasteiger partial charge is 0.154 e. The maximum atomic E-state index is 11.6. The highest BCUT2D eigenvalue weighted by Crippen LogP contribution is 2.44. The van der Waals surface area contributed by atoms with Gasteiger partial charge in [-0.15, -0.1) is 0 Å². The molecule has 1 saturated carbocycles. The molecule has 121 valence electrons. The van der Waals surface area contributed by atoms with Crippen molar-refractivity contribution in [3.05, 3.63) is 78.8 Å². The van der Waals surface area contributed by atoms with E-state index in [1.807, 2.05) is 6.92 Å². The first-order valence-electron chi connectivity index (χ1n) is 8.51. The van der Waals surface area contributed by atoms with Gasteiger partial charge in [-0.1, -0.05) is 24.3 Å². The van der Waals surface area contributed by atoms with Crippen molar-refractivity contribution in [3.63, 3.8) is 0 Å². The van der Waals surface area contributed by atoms with E-state index < -0.39 is 0 Å². The molecule has 2 atom stereocenters. The third-order valence-electron chi connectivity index (χ3n) is 5.03. The van der Waals surface area contributed by atoms with Crippen LogP contribution in [0.1, 0.15) is 31.4 Å². The fourth-order valence-corrected chi connectivity index (χ4v) is 4.04. The summed E-state index contributed by atoms with van der Waals surface area (Å²) in [5.74, 6) is 1.70. The van der Waals surface area contributed by atoms with E-state index in [1.165, 1.54) is 22.8 Å². The number of rotatable bonds is 3. The molecule has 0 amide bonds. The van der Waals surface area contributed by atoms with E-state index in [9.17, 15) is 4.79 Å². The van der Waals surface area contributed by atoms with Gasteiger partial charge < -0.3 is 0 Å². The van der Waals surface area contributed by atoms with Gasteiger partial charge in [0.2, 0.25) is 0 Å². The lowest BCUT2D eigenvalue weighted by molar-refractivity contribution is -0.112. The van der Waals surface area contributed by atoms with Gasteiger partial charge in [0.25, 0.3) is 0 Å². The average Bonchev–Trinajstić information content (AvgIpc) is 3.21. The lowest BCUT2D eigenvalue weighted by Gasteiger charge is -2.34. The second kappa shape index (κ2) is 6.19. The summed E-state index contributed by atoms with van der Waals surface area (Å²) in [4.78, 5) is 11.6. The number of allylic oxidation sites excluding steroid dienone is 2. The van der Waals surface area contributed by atoms with Gasteiger partial charge in [0.1, 0.15) is 0 Å². The van der Waals surface area contributed by atoms with Gasteiger partial charge in [-0.2, -0.15) is 5.10 Å². The maximum absolute atomic E-state index is 11.6. The van der Waals surface area contributed by atoms with Gasteiger partial charge in [0, 0.05) is 29.2 Å². The lowest BCUT2D eigenvalue weighted by Crippen LogP contribution is -2.39. The third-order valence-corrected chi connectivity index (χ3v) is 5.03. The number of ketones is 1. The molecule has 24 heavy (non-hydrogen) atoms. The molecule has 1 heterocycles. The Morgan fingerprint density at radius 3 is 2.71 bits per heavy atom. The summed E-state index contributed by atoms with van der Waals surface area (Å²) < 4.78 is 0. The number of fused-ring (bicyclic) bond motifs is 3. The molecule has 3 heteroatoms. The van der Waals surface area contributed by atoms with Crippen molar-refractivity contribution in [2.45, 2.75) is 32.7 Å². The molecule has 2 aliphatic carbocycles. The number of carbonyl (C=O) groups is 1. The molecule has 1 aliphatic heterocycles. The van der Waals surface area contributed by atoms with Crippen LogP contribution in [0.25, 0.3) is 0 Å². The second-order valence-electron chi connectivity index (χ2n) is 6.69. The molecule has 0 N–H and O–H groups in total. The number of nitrogens with zero attached hydrogens (tertiary/aromatic N) is 2. The highest BCUT2D eigenvalue weighted by Gasteiger charge is 2.45. The van der Waals surface area contributed by atoms with Gasteiger partial charge in [-0.25, -0.2) is 0 Å². The minimum atomic E-state index is 0.0595. The van der Waals surface area contributed by atoms with Crippen LogP contribution in [0.3, 0.4) is 0 Å². The molecule has 1 fully saturated rings. The molecule has 1 aromatic rings. The average molecular weight is 317 g/mol. The number of carbonyl (C=O) groups excluding carboxylic acids is 1. The Kier molecular flexibility index (Phi) is 4.03. The van der Waals surface area contributed by atoms with E-state index in [1.54, 1.807) is 13.0 Å². The third kappa shape index (κ3) is 2.60. The largest absolute Gasteiger partial charge is 0.295 e. The quantitative estimate of drug-likeness (QED) is 0.799. The van der Waals surface area contributed by atoms with E-state index in [4.69, 9.17) is 5.10 Å². The van der Waals surface area contributed by atoms with Gasteiger partial charge >= 0.3 is 0 Å². The number of hydrogen-bond donors (Lipinski definition) is 0. The molecule has 4 rings (SSSR count). The Morgan fingerprint density at radius 1 is 1.21 bits per heavy atom. The molecule has 0 bridgehead atoms. The molecule has 0 saturated heterocycles. The predicted octanol–water partition coefficient (Wildman–Crippen LogP) is 3.54. The van der Waals surface area contributed by atoms with Gasteiger partial charge in [0.15, 0.2) is 5.78 Å². The summed E-state index contributed by atoms with van der Waals surface area (Å²) in [6.45, 7) is 3.57. The normalized spacial score (nSPS) is 27.0. The summed E-state index contributed by atoms with van der Waals surface area (Å²) in [7, 11) is 0.